The summed E-state index contributed by atoms with van der Waals surface area (Å²) in [6.45, 7) is 1.01. The summed E-state index contributed by atoms with van der Waals surface area (Å²) in [6, 6.07) is 1.47. The molecule has 3 atom stereocenters. The number of hydrazine groups is 1. The zero-order valence-electron chi connectivity index (χ0n) is 8.37. The van der Waals surface area contributed by atoms with E-state index in [1.54, 1.807) is 0 Å². The number of fused-ring (bicyclic) bond motifs is 1. The van der Waals surface area contributed by atoms with Gasteiger partial charge in [0.25, 0.3) is 0 Å². The van der Waals surface area contributed by atoms with Gasteiger partial charge in [-0.3, -0.25) is 11.2 Å². The second-order valence-corrected chi connectivity index (χ2v) is 4.68. The lowest BCUT2D eigenvalue weighted by atomic mass is 9.91. The van der Waals surface area contributed by atoms with E-state index >= 15 is 0 Å². The quantitative estimate of drug-likeness (QED) is 0.480. The Morgan fingerprint density at radius 1 is 1.21 bits per heavy atom. The SMILES string of the molecule is NN1CCC2C#CC(NC3CCC3)C21. The second kappa shape index (κ2) is 3.23. The molecular weight excluding hydrogens is 174 g/mol. The highest BCUT2D eigenvalue weighted by atomic mass is 15.4. The van der Waals surface area contributed by atoms with Crippen molar-refractivity contribution in [1.29, 1.82) is 0 Å². The van der Waals surface area contributed by atoms with Crippen LogP contribution in [0, 0.1) is 17.8 Å². The van der Waals surface area contributed by atoms with Crippen molar-refractivity contribution in [3.63, 3.8) is 0 Å². The van der Waals surface area contributed by atoms with Gasteiger partial charge in [-0.05, 0) is 19.3 Å². The normalized spacial score (nSPS) is 41.6. The van der Waals surface area contributed by atoms with Crippen LogP contribution in [0.15, 0.2) is 0 Å². The van der Waals surface area contributed by atoms with Gasteiger partial charge >= 0.3 is 0 Å². The summed E-state index contributed by atoms with van der Waals surface area (Å²) in [5, 5.41) is 5.59. The van der Waals surface area contributed by atoms with Crippen molar-refractivity contribution >= 4 is 0 Å². The molecule has 76 valence electrons. The largest absolute Gasteiger partial charge is 0.300 e. The first kappa shape index (κ1) is 8.72. The van der Waals surface area contributed by atoms with Gasteiger partial charge in [-0.15, -0.1) is 0 Å². The summed E-state index contributed by atoms with van der Waals surface area (Å²) >= 11 is 0. The minimum absolute atomic E-state index is 0.331. The van der Waals surface area contributed by atoms with E-state index in [-0.39, 0.29) is 0 Å². The molecule has 2 aliphatic carbocycles. The topological polar surface area (TPSA) is 41.3 Å². The molecular formula is C11H17N3. The molecule has 1 saturated carbocycles. The Morgan fingerprint density at radius 2 is 2.07 bits per heavy atom. The monoisotopic (exact) mass is 191 g/mol. The summed E-state index contributed by atoms with van der Waals surface area (Å²) in [4.78, 5) is 0. The molecule has 3 nitrogen and oxygen atoms in total. The van der Waals surface area contributed by atoms with Gasteiger partial charge in [-0.1, -0.05) is 18.3 Å². The van der Waals surface area contributed by atoms with E-state index in [4.69, 9.17) is 5.84 Å². The molecule has 3 unspecified atom stereocenters. The van der Waals surface area contributed by atoms with E-state index in [1.165, 1.54) is 19.3 Å². The van der Waals surface area contributed by atoms with Gasteiger partial charge in [0.2, 0.25) is 0 Å². The van der Waals surface area contributed by atoms with Crippen molar-refractivity contribution in [2.24, 2.45) is 11.8 Å². The molecule has 0 aromatic rings. The molecule has 0 spiro atoms. The predicted molar refractivity (Wildman–Crippen MR) is 55.1 cm³/mol. The molecule has 14 heavy (non-hydrogen) atoms. The van der Waals surface area contributed by atoms with Crippen molar-refractivity contribution in [2.45, 2.75) is 43.8 Å². The molecule has 3 aliphatic rings. The Hall–Kier alpha value is -0.560. The number of nitrogens with zero attached hydrogens (tertiary/aromatic N) is 1. The van der Waals surface area contributed by atoms with E-state index in [2.05, 4.69) is 17.2 Å². The Labute approximate surface area is 85.0 Å². The average Bonchev–Trinajstić information content (AvgIpc) is 2.63. The molecule has 3 N–H and O–H groups in total. The molecule has 3 heteroatoms. The first-order valence-corrected chi connectivity index (χ1v) is 5.63. The number of nitrogens with two attached hydrogens (primary N) is 1. The Morgan fingerprint density at radius 3 is 2.79 bits per heavy atom. The van der Waals surface area contributed by atoms with E-state index in [0.717, 1.165) is 13.0 Å². The van der Waals surface area contributed by atoms with Crippen molar-refractivity contribution in [3.05, 3.63) is 0 Å². The van der Waals surface area contributed by atoms with Crippen LogP contribution in [0.1, 0.15) is 25.7 Å². The van der Waals surface area contributed by atoms with Crippen LogP contribution in [0.2, 0.25) is 0 Å². The van der Waals surface area contributed by atoms with Crippen LogP contribution in [-0.4, -0.2) is 29.7 Å². The van der Waals surface area contributed by atoms with Crippen LogP contribution in [-0.2, 0) is 0 Å². The number of hydrogen-bond acceptors (Lipinski definition) is 3. The Bertz CT molecular complexity index is 287. The fourth-order valence-corrected chi connectivity index (χ4v) is 2.67. The third-order valence-corrected chi connectivity index (χ3v) is 3.78. The highest BCUT2D eigenvalue weighted by Gasteiger charge is 2.41. The maximum atomic E-state index is 5.96. The van der Waals surface area contributed by atoms with Gasteiger partial charge in [-0.25, -0.2) is 5.01 Å². The Balaban J connectivity index is 1.66. The fraction of sp³-hybridized carbons (Fsp3) is 0.818. The maximum Gasteiger partial charge on any atom is 0.0875 e. The van der Waals surface area contributed by atoms with Crippen molar-refractivity contribution in [3.8, 4) is 11.8 Å². The molecule has 2 fully saturated rings. The average molecular weight is 191 g/mol. The summed E-state index contributed by atoms with van der Waals surface area (Å²) in [5.41, 5.74) is 0. The van der Waals surface area contributed by atoms with Gasteiger partial charge in [0, 0.05) is 18.5 Å². The highest BCUT2D eigenvalue weighted by Crippen LogP contribution is 2.29. The summed E-state index contributed by atoms with van der Waals surface area (Å²) in [6.07, 6.45) is 5.16. The number of hydrogen-bond donors (Lipinski definition) is 2. The molecule has 0 radical (unpaired) electrons. The predicted octanol–water partition coefficient (Wildman–Crippen LogP) is 0.0783. The zero-order chi connectivity index (χ0) is 9.54. The minimum Gasteiger partial charge on any atom is -0.300 e. The van der Waals surface area contributed by atoms with Crippen LogP contribution in [0.3, 0.4) is 0 Å². The Kier molecular flexibility index (Phi) is 2.01. The molecule has 0 aromatic heterocycles. The van der Waals surface area contributed by atoms with Crippen LogP contribution < -0.4 is 11.2 Å². The molecule has 1 saturated heterocycles. The lowest BCUT2D eigenvalue weighted by molar-refractivity contribution is 0.200. The summed E-state index contributed by atoms with van der Waals surface area (Å²) in [7, 11) is 0. The lowest BCUT2D eigenvalue weighted by Gasteiger charge is -2.33. The van der Waals surface area contributed by atoms with E-state index in [0.29, 0.717) is 24.0 Å². The summed E-state index contributed by atoms with van der Waals surface area (Å²) in [5.74, 6) is 13.1. The third-order valence-electron chi connectivity index (χ3n) is 3.78. The molecule has 0 amide bonds. The zero-order valence-corrected chi connectivity index (χ0v) is 8.37. The molecule has 3 rings (SSSR count). The van der Waals surface area contributed by atoms with E-state index < -0.39 is 0 Å². The number of nitrogens with one attached hydrogen (secondary N) is 1. The minimum atomic E-state index is 0.331. The maximum absolute atomic E-state index is 5.96. The van der Waals surface area contributed by atoms with Gasteiger partial charge in [0.15, 0.2) is 0 Å². The molecule has 0 aromatic carbocycles. The number of rotatable bonds is 2. The standard InChI is InChI=1S/C11H17N3/c12-14-7-6-8-4-5-10(11(8)14)13-9-2-1-3-9/h8-11,13H,1-3,6-7,12H2. The van der Waals surface area contributed by atoms with Gasteiger partial charge in [0.05, 0.1) is 12.1 Å². The summed E-state index contributed by atoms with van der Waals surface area (Å²) < 4.78 is 0. The van der Waals surface area contributed by atoms with E-state index in [9.17, 15) is 0 Å². The molecule has 0 bridgehead atoms. The second-order valence-electron chi connectivity index (χ2n) is 4.68. The van der Waals surface area contributed by atoms with Crippen molar-refractivity contribution in [1.82, 2.24) is 10.3 Å². The van der Waals surface area contributed by atoms with Gasteiger partial charge < -0.3 is 0 Å². The van der Waals surface area contributed by atoms with Crippen LogP contribution in [0.4, 0.5) is 0 Å². The van der Waals surface area contributed by atoms with Crippen molar-refractivity contribution in [2.75, 3.05) is 6.54 Å². The van der Waals surface area contributed by atoms with Crippen LogP contribution in [0.5, 0.6) is 0 Å². The van der Waals surface area contributed by atoms with Crippen LogP contribution in [0.25, 0.3) is 0 Å². The van der Waals surface area contributed by atoms with Crippen molar-refractivity contribution < 1.29 is 0 Å². The first-order chi connectivity index (χ1) is 6.84. The molecule has 1 heterocycles. The highest BCUT2D eigenvalue weighted by molar-refractivity contribution is 5.27. The van der Waals surface area contributed by atoms with Crippen LogP contribution >= 0.6 is 0 Å². The fourth-order valence-electron chi connectivity index (χ4n) is 2.67. The third kappa shape index (κ3) is 1.26. The smallest absolute Gasteiger partial charge is 0.0875 e. The lowest BCUT2D eigenvalue weighted by Crippen LogP contribution is -2.53. The first-order valence-electron chi connectivity index (χ1n) is 5.63. The van der Waals surface area contributed by atoms with Gasteiger partial charge in [-0.2, -0.15) is 0 Å². The van der Waals surface area contributed by atoms with E-state index in [1.807, 2.05) is 5.01 Å². The molecule has 1 aliphatic heterocycles. The van der Waals surface area contributed by atoms with Gasteiger partial charge in [0.1, 0.15) is 0 Å².